The second-order valence-electron chi connectivity index (χ2n) is 6.12. The molecule has 0 aromatic rings. The first-order valence-corrected chi connectivity index (χ1v) is 8.34. The zero-order valence-corrected chi connectivity index (χ0v) is 11.4. The van der Waals surface area contributed by atoms with Gasteiger partial charge in [-0.05, 0) is 49.7 Å². The van der Waals surface area contributed by atoms with E-state index < -0.39 is 0 Å². The largest absolute Gasteiger partial charge is 0.393 e. The number of hydrogen-bond donors (Lipinski definition) is 1. The van der Waals surface area contributed by atoms with Crippen molar-refractivity contribution < 1.29 is 9.84 Å². The summed E-state index contributed by atoms with van der Waals surface area (Å²) in [4.78, 5) is 0. The van der Waals surface area contributed by atoms with Gasteiger partial charge in [-0.25, -0.2) is 0 Å². The fourth-order valence-corrected chi connectivity index (χ4v) is 5.28. The van der Waals surface area contributed by atoms with E-state index in [1.54, 1.807) is 0 Å². The van der Waals surface area contributed by atoms with Crippen molar-refractivity contribution in [2.75, 3.05) is 18.1 Å². The van der Waals surface area contributed by atoms with E-state index in [0.717, 1.165) is 25.2 Å². The first-order valence-electron chi connectivity index (χ1n) is 7.19. The van der Waals surface area contributed by atoms with Gasteiger partial charge in [0.15, 0.2) is 0 Å². The summed E-state index contributed by atoms with van der Waals surface area (Å²) in [6.07, 6.45) is 8.48. The van der Waals surface area contributed by atoms with Crippen molar-refractivity contribution in [2.24, 2.45) is 11.8 Å². The Kier molecular flexibility index (Phi) is 3.69. The average Bonchev–Trinajstić information content (AvgIpc) is 3.00. The summed E-state index contributed by atoms with van der Waals surface area (Å²) in [5.74, 6) is 3.49. The molecule has 0 radical (unpaired) electrons. The van der Waals surface area contributed by atoms with Gasteiger partial charge in [0.2, 0.25) is 0 Å². The topological polar surface area (TPSA) is 29.5 Å². The van der Waals surface area contributed by atoms with Crippen LogP contribution in [-0.4, -0.2) is 34.9 Å². The molecule has 3 atom stereocenters. The third kappa shape index (κ3) is 2.52. The predicted octanol–water partition coefficient (Wildman–Crippen LogP) is 2.84. The van der Waals surface area contributed by atoms with Gasteiger partial charge in [-0.15, -0.1) is 0 Å². The van der Waals surface area contributed by atoms with Crippen molar-refractivity contribution in [3.8, 4) is 0 Å². The SMILES string of the molecule is OC(C1CCCC1)C1CCOC2(CCSC2)C1. The van der Waals surface area contributed by atoms with Crippen LogP contribution in [0.15, 0.2) is 0 Å². The summed E-state index contributed by atoms with van der Waals surface area (Å²) >= 11 is 2.02. The van der Waals surface area contributed by atoms with E-state index >= 15 is 0 Å². The number of aliphatic hydroxyl groups is 1. The Morgan fingerprint density at radius 1 is 1.18 bits per heavy atom. The number of hydrogen-bond acceptors (Lipinski definition) is 3. The highest BCUT2D eigenvalue weighted by Crippen LogP contribution is 2.43. The monoisotopic (exact) mass is 256 g/mol. The average molecular weight is 256 g/mol. The zero-order valence-electron chi connectivity index (χ0n) is 10.6. The number of rotatable bonds is 2. The quantitative estimate of drug-likeness (QED) is 0.824. The predicted molar refractivity (Wildman–Crippen MR) is 71.3 cm³/mol. The summed E-state index contributed by atoms with van der Waals surface area (Å²) < 4.78 is 6.04. The summed E-state index contributed by atoms with van der Waals surface area (Å²) in [5, 5.41) is 10.6. The first kappa shape index (κ1) is 12.3. The molecule has 3 rings (SSSR count). The van der Waals surface area contributed by atoms with E-state index in [4.69, 9.17) is 4.74 Å². The van der Waals surface area contributed by atoms with Crippen molar-refractivity contribution in [3.63, 3.8) is 0 Å². The Morgan fingerprint density at radius 3 is 2.71 bits per heavy atom. The molecule has 3 heteroatoms. The molecule has 2 aliphatic heterocycles. The minimum Gasteiger partial charge on any atom is -0.393 e. The van der Waals surface area contributed by atoms with Crippen LogP contribution in [0, 0.1) is 11.8 Å². The van der Waals surface area contributed by atoms with Gasteiger partial charge in [-0.3, -0.25) is 0 Å². The molecule has 17 heavy (non-hydrogen) atoms. The van der Waals surface area contributed by atoms with Crippen LogP contribution >= 0.6 is 11.8 Å². The molecule has 98 valence electrons. The molecule has 2 nitrogen and oxygen atoms in total. The van der Waals surface area contributed by atoms with Crippen molar-refractivity contribution in [2.45, 2.75) is 56.7 Å². The normalized spacial score (nSPS) is 41.1. The maximum atomic E-state index is 10.6. The van der Waals surface area contributed by atoms with Crippen molar-refractivity contribution >= 4 is 11.8 Å². The van der Waals surface area contributed by atoms with Crippen LogP contribution in [0.4, 0.5) is 0 Å². The smallest absolute Gasteiger partial charge is 0.0783 e. The fraction of sp³-hybridized carbons (Fsp3) is 1.00. The Labute approximate surface area is 108 Å². The van der Waals surface area contributed by atoms with Crippen LogP contribution in [0.25, 0.3) is 0 Å². The van der Waals surface area contributed by atoms with E-state index in [-0.39, 0.29) is 11.7 Å². The molecule has 2 saturated heterocycles. The minimum absolute atomic E-state index is 0.0520. The lowest BCUT2D eigenvalue weighted by Crippen LogP contribution is -2.44. The van der Waals surface area contributed by atoms with Crippen LogP contribution in [-0.2, 0) is 4.74 Å². The van der Waals surface area contributed by atoms with Crippen LogP contribution in [0.1, 0.15) is 44.9 Å². The number of ether oxygens (including phenoxy) is 1. The Morgan fingerprint density at radius 2 is 2.00 bits per heavy atom. The van der Waals surface area contributed by atoms with Crippen LogP contribution in [0.3, 0.4) is 0 Å². The van der Waals surface area contributed by atoms with E-state index in [1.165, 1.54) is 37.9 Å². The first-order chi connectivity index (χ1) is 8.29. The molecule has 0 aromatic heterocycles. The molecule has 3 aliphatic rings. The van der Waals surface area contributed by atoms with Gasteiger partial charge in [-0.1, -0.05) is 12.8 Å². The van der Waals surface area contributed by atoms with Crippen molar-refractivity contribution in [3.05, 3.63) is 0 Å². The fourth-order valence-electron chi connectivity index (χ4n) is 3.90. The van der Waals surface area contributed by atoms with Crippen molar-refractivity contribution in [1.82, 2.24) is 0 Å². The third-order valence-corrected chi connectivity index (χ3v) is 6.19. The summed E-state index contributed by atoms with van der Waals surface area (Å²) in [6.45, 7) is 0.870. The van der Waals surface area contributed by atoms with Crippen LogP contribution < -0.4 is 0 Å². The number of aliphatic hydroxyl groups excluding tert-OH is 1. The highest BCUT2D eigenvalue weighted by atomic mass is 32.2. The van der Waals surface area contributed by atoms with Crippen LogP contribution in [0.5, 0.6) is 0 Å². The summed E-state index contributed by atoms with van der Waals surface area (Å²) in [5.41, 5.74) is 0.132. The number of thioether (sulfide) groups is 1. The standard InChI is InChI=1S/C14H24O2S/c15-13(11-3-1-2-4-11)12-5-7-16-14(9-12)6-8-17-10-14/h11-13,15H,1-10H2. The maximum Gasteiger partial charge on any atom is 0.0783 e. The van der Waals surface area contributed by atoms with Crippen molar-refractivity contribution in [1.29, 1.82) is 0 Å². The lowest BCUT2D eigenvalue weighted by Gasteiger charge is -2.40. The minimum atomic E-state index is -0.0520. The van der Waals surface area contributed by atoms with Gasteiger partial charge in [0.25, 0.3) is 0 Å². The van der Waals surface area contributed by atoms with Gasteiger partial charge >= 0.3 is 0 Å². The van der Waals surface area contributed by atoms with Gasteiger partial charge in [0.05, 0.1) is 11.7 Å². The Bertz CT molecular complexity index is 257. The van der Waals surface area contributed by atoms with Crippen LogP contribution in [0.2, 0.25) is 0 Å². The molecular formula is C14H24O2S. The van der Waals surface area contributed by atoms with Gasteiger partial charge in [0, 0.05) is 12.4 Å². The van der Waals surface area contributed by atoms with E-state index in [9.17, 15) is 5.11 Å². The van der Waals surface area contributed by atoms with Gasteiger partial charge < -0.3 is 9.84 Å². The third-order valence-electron chi connectivity index (χ3n) is 4.96. The molecule has 0 bridgehead atoms. The molecule has 3 fully saturated rings. The molecule has 0 amide bonds. The van der Waals surface area contributed by atoms with Gasteiger partial charge in [-0.2, -0.15) is 11.8 Å². The zero-order chi connectivity index (χ0) is 11.7. The molecule has 1 aliphatic carbocycles. The van der Waals surface area contributed by atoms with E-state index in [0.29, 0.717) is 11.8 Å². The lowest BCUT2D eigenvalue weighted by molar-refractivity contribution is -0.109. The summed E-state index contributed by atoms with van der Waals surface area (Å²) in [6, 6.07) is 0. The highest BCUT2D eigenvalue weighted by Gasteiger charge is 2.43. The highest BCUT2D eigenvalue weighted by molar-refractivity contribution is 7.99. The molecule has 1 spiro atoms. The maximum absolute atomic E-state index is 10.6. The second-order valence-corrected chi connectivity index (χ2v) is 7.23. The van der Waals surface area contributed by atoms with E-state index in [2.05, 4.69) is 0 Å². The molecule has 3 unspecified atom stereocenters. The molecule has 1 saturated carbocycles. The lowest BCUT2D eigenvalue weighted by atomic mass is 9.78. The Hall–Kier alpha value is 0.270. The molecular weight excluding hydrogens is 232 g/mol. The van der Waals surface area contributed by atoms with Gasteiger partial charge in [0.1, 0.15) is 0 Å². The summed E-state index contributed by atoms with van der Waals surface area (Å²) in [7, 11) is 0. The van der Waals surface area contributed by atoms with E-state index in [1.807, 2.05) is 11.8 Å². The molecule has 0 aromatic carbocycles. The Balaban J connectivity index is 1.62. The second kappa shape index (κ2) is 5.10. The molecule has 1 N–H and O–H groups in total. The molecule has 2 heterocycles.